The average molecular weight is 390 g/mol. The van der Waals surface area contributed by atoms with Gasteiger partial charge in [-0.2, -0.15) is 0 Å². The van der Waals surface area contributed by atoms with E-state index in [1.807, 2.05) is 36.4 Å². The Morgan fingerprint density at radius 3 is 2.75 bits per heavy atom. The Hall–Kier alpha value is -2.93. The summed E-state index contributed by atoms with van der Waals surface area (Å²) in [7, 11) is 0. The summed E-state index contributed by atoms with van der Waals surface area (Å²) in [6, 6.07) is 15.4. The fraction of sp³-hybridized carbons (Fsp3) is 0.238. The number of carbonyl (C=O) groups excluding carboxylic acids is 2. The lowest BCUT2D eigenvalue weighted by Crippen LogP contribution is -2.06. The van der Waals surface area contributed by atoms with Crippen molar-refractivity contribution in [1.29, 1.82) is 0 Å². The van der Waals surface area contributed by atoms with Gasteiger partial charge in [-0.1, -0.05) is 30.0 Å². The molecule has 0 spiro atoms. The monoisotopic (exact) mass is 390 g/mol. The quantitative estimate of drug-likeness (QED) is 0.514. The number of amides is 1. The Bertz CT molecular complexity index is 1070. The zero-order valence-electron chi connectivity index (χ0n) is 15.1. The minimum atomic E-state index is -0.0301. The summed E-state index contributed by atoms with van der Waals surface area (Å²) in [4.78, 5) is 24.2. The number of nitrogens with zero attached hydrogens (tertiary/aromatic N) is 3. The number of carbonyl (C=O) groups is 2. The highest BCUT2D eigenvalue weighted by molar-refractivity contribution is 7.99. The maximum absolute atomic E-state index is 12.7. The third-order valence-corrected chi connectivity index (χ3v) is 5.93. The van der Waals surface area contributed by atoms with Crippen LogP contribution in [0.4, 0.5) is 5.69 Å². The molecule has 0 radical (unpaired) electrons. The van der Waals surface area contributed by atoms with Crippen molar-refractivity contribution in [3.8, 4) is 5.69 Å². The molecular formula is C21H18N4O2S. The van der Waals surface area contributed by atoms with Crippen LogP contribution in [0, 0.1) is 0 Å². The van der Waals surface area contributed by atoms with Crippen LogP contribution in [0.25, 0.3) is 5.69 Å². The number of nitrogens with one attached hydrogen (secondary N) is 1. The molecule has 1 fully saturated rings. The summed E-state index contributed by atoms with van der Waals surface area (Å²) in [5.41, 5.74) is 3.32. The number of fused-ring (bicyclic) bond motifs is 1. The van der Waals surface area contributed by atoms with Gasteiger partial charge in [0.25, 0.3) is 0 Å². The molecular weight excluding hydrogens is 372 g/mol. The Morgan fingerprint density at radius 2 is 1.96 bits per heavy atom. The highest BCUT2D eigenvalue weighted by Gasteiger charge is 2.31. The standard InChI is InChI=1S/C21H18N4O2S/c26-18(14-8-9-17-15(10-14)11-19(27)22-17)12-28-21-24-23-20(13-6-7-13)25(21)16-4-2-1-3-5-16/h1-5,8-10,13H,6-7,11-12H2,(H,22,27). The van der Waals surface area contributed by atoms with Gasteiger partial charge in [-0.3, -0.25) is 14.2 Å². The number of rotatable bonds is 6. The maximum Gasteiger partial charge on any atom is 0.228 e. The summed E-state index contributed by atoms with van der Waals surface area (Å²) in [6.45, 7) is 0. The molecule has 1 aliphatic heterocycles. The molecule has 1 N–H and O–H groups in total. The van der Waals surface area contributed by atoms with E-state index in [1.54, 1.807) is 12.1 Å². The van der Waals surface area contributed by atoms with Gasteiger partial charge in [-0.25, -0.2) is 0 Å². The third-order valence-electron chi connectivity index (χ3n) is 5.00. The Kier molecular flexibility index (Phi) is 4.24. The van der Waals surface area contributed by atoms with Crippen molar-refractivity contribution < 1.29 is 9.59 Å². The van der Waals surface area contributed by atoms with Crippen LogP contribution in [0.2, 0.25) is 0 Å². The number of Topliss-reactive ketones (excluding diaryl/α,β-unsaturated/α-hetero) is 1. The van der Waals surface area contributed by atoms with Crippen molar-refractivity contribution in [2.75, 3.05) is 11.1 Å². The number of ketones is 1. The molecule has 28 heavy (non-hydrogen) atoms. The number of hydrogen-bond donors (Lipinski definition) is 1. The molecule has 1 saturated carbocycles. The van der Waals surface area contributed by atoms with E-state index in [1.165, 1.54) is 11.8 Å². The Labute approximate surface area is 166 Å². The van der Waals surface area contributed by atoms with Crippen LogP contribution in [0.3, 0.4) is 0 Å². The van der Waals surface area contributed by atoms with Crippen LogP contribution in [-0.2, 0) is 11.2 Å². The first-order chi connectivity index (χ1) is 13.7. The van der Waals surface area contributed by atoms with E-state index in [9.17, 15) is 9.59 Å². The Balaban J connectivity index is 1.37. The largest absolute Gasteiger partial charge is 0.326 e. The number of para-hydroxylation sites is 1. The molecule has 0 bridgehead atoms. The minimum absolute atomic E-state index is 0.0164. The lowest BCUT2D eigenvalue weighted by atomic mass is 10.1. The van der Waals surface area contributed by atoms with E-state index in [0.717, 1.165) is 40.8 Å². The number of benzene rings is 2. The van der Waals surface area contributed by atoms with Crippen molar-refractivity contribution >= 4 is 29.1 Å². The number of thioether (sulfide) groups is 1. The molecule has 140 valence electrons. The zero-order chi connectivity index (χ0) is 19.1. The zero-order valence-corrected chi connectivity index (χ0v) is 15.9. The van der Waals surface area contributed by atoms with E-state index in [4.69, 9.17) is 0 Å². The molecule has 2 aromatic carbocycles. The molecule has 3 aromatic rings. The SMILES string of the molecule is O=C1Cc2cc(C(=O)CSc3nnc(C4CC4)n3-c3ccccc3)ccc2N1. The van der Waals surface area contributed by atoms with Crippen LogP contribution < -0.4 is 5.32 Å². The number of hydrogen-bond acceptors (Lipinski definition) is 5. The smallest absolute Gasteiger partial charge is 0.228 e. The van der Waals surface area contributed by atoms with Crippen LogP contribution in [-0.4, -0.2) is 32.2 Å². The van der Waals surface area contributed by atoms with E-state index in [2.05, 4.69) is 20.1 Å². The summed E-state index contributed by atoms with van der Waals surface area (Å²) in [6.07, 6.45) is 2.60. The first kappa shape index (κ1) is 17.2. The van der Waals surface area contributed by atoms with E-state index in [0.29, 0.717) is 17.9 Å². The normalized spacial score (nSPS) is 15.4. The van der Waals surface area contributed by atoms with Crippen molar-refractivity contribution in [2.45, 2.75) is 30.3 Å². The summed E-state index contributed by atoms with van der Waals surface area (Å²) >= 11 is 1.40. The van der Waals surface area contributed by atoms with Gasteiger partial charge in [-0.15, -0.1) is 10.2 Å². The fourth-order valence-electron chi connectivity index (χ4n) is 3.42. The van der Waals surface area contributed by atoms with Crippen LogP contribution in [0.1, 0.15) is 40.5 Å². The van der Waals surface area contributed by atoms with E-state index < -0.39 is 0 Å². The summed E-state index contributed by atoms with van der Waals surface area (Å²) in [5, 5.41) is 12.3. The molecule has 2 aliphatic rings. The second kappa shape index (κ2) is 6.91. The van der Waals surface area contributed by atoms with Crippen molar-refractivity contribution in [3.05, 3.63) is 65.5 Å². The van der Waals surface area contributed by atoms with Gasteiger partial charge in [0.1, 0.15) is 5.82 Å². The first-order valence-electron chi connectivity index (χ1n) is 9.28. The van der Waals surface area contributed by atoms with Crippen LogP contribution in [0.5, 0.6) is 0 Å². The Morgan fingerprint density at radius 1 is 1.14 bits per heavy atom. The molecule has 1 aromatic heterocycles. The summed E-state index contributed by atoms with van der Waals surface area (Å²) in [5.74, 6) is 1.69. The van der Waals surface area contributed by atoms with Gasteiger partial charge in [0.2, 0.25) is 5.91 Å². The van der Waals surface area contributed by atoms with Gasteiger partial charge in [-0.05, 0) is 48.7 Å². The molecule has 5 rings (SSSR count). The third kappa shape index (κ3) is 3.22. The van der Waals surface area contributed by atoms with Crippen molar-refractivity contribution in [1.82, 2.24) is 14.8 Å². The highest BCUT2D eigenvalue weighted by atomic mass is 32.2. The second-order valence-corrected chi connectivity index (χ2v) is 8.04. The van der Waals surface area contributed by atoms with Gasteiger partial charge in [0.05, 0.1) is 12.2 Å². The lowest BCUT2D eigenvalue weighted by Gasteiger charge is -2.09. The van der Waals surface area contributed by atoms with Crippen LogP contribution >= 0.6 is 11.8 Å². The predicted octanol–water partition coefficient (Wildman–Crippen LogP) is 3.61. The van der Waals surface area contributed by atoms with E-state index >= 15 is 0 Å². The van der Waals surface area contributed by atoms with Gasteiger partial charge < -0.3 is 5.32 Å². The first-order valence-corrected chi connectivity index (χ1v) is 10.3. The maximum atomic E-state index is 12.7. The van der Waals surface area contributed by atoms with Gasteiger partial charge >= 0.3 is 0 Å². The average Bonchev–Trinajstić information content (AvgIpc) is 3.36. The van der Waals surface area contributed by atoms with Crippen LogP contribution in [0.15, 0.2) is 53.7 Å². The predicted molar refractivity (Wildman–Crippen MR) is 107 cm³/mol. The highest BCUT2D eigenvalue weighted by Crippen LogP contribution is 2.41. The number of anilines is 1. The molecule has 6 nitrogen and oxygen atoms in total. The summed E-state index contributed by atoms with van der Waals surface area (Å²) < 4.78 is 2.07. The molecule has 2 heterocycles. The topological polar surface area (TPSA) is 76.9 Å². The fourth-order valence-corrected chi connectivity index (χ4v) is 4.27. The van der Waals surface area contributed by atoms with Gasteiger partial charge in [0, 0.05) is 22.9 Å². The molecule has 0 atom stereocenters. The molecule has 0 unspecified atom stereocenters. The second-order valence-electron chi connectivity index (χ2n) is 7.09. The molecule has 0 saturated heterocycles. The van der Waals surface area contributed by atoms with E-state index in [-0.39, 0.29) is 17.4 Å². The lowest BCUT2D eigenvalue weighted by molar-refractivity contribution is -0.115. The van der Waals surface area contributed by atoms with Crippen molar-refractivity contribution in [3.63, 3.8) is 0 Å². The number of aromatic nitrogens is 3. The van der Waals surface area contributed by atoms with Gasteiger partial charge in [0.15, 0.2) is 10.9 Å². The minimum Gasteiger partial charge on any atom is -0.326 e. The molecule has 7 heteroatoms. The molecule has 1 amide bonds. The molecule has 1 aliphatic carbocycles. The van der Waals surface area contributed by atoms with Crippen molar-refractivity contribution in [2.24, 2.45) is 0 Å².